The maximum atomic E-state index is 15.5. The second-order valence-electron chi connectivity index (χ2n) is 11.7. The number of ether oxygens (including phenoxy) is 2. The molecule has 5 aromatic rings. The topological polar surface area (TPSA) is 107 Å². The third-order valence-electron chi connectivity index (χ3n) is 8.53. The number of halogens is 3. The summed E-state index contributed by atoms with van der Waals surface area (Å²) in [6.45, 7) is 3.09. The fourth-order valence-electron chi connectivity index (χ4n) is 5.84. The Kier molecular flexibility index (Phi) is 9.77. The van der Waals surface area contributed by atoms with Crippen LogP contribution < -0.4 is 4.74 Å². The molecule has 0 bridgehead atoms. The fraction of sp³-hybridized carbons (Fsp3) is 0.243. The molecule has 0 atom stereocenters. The van der Waals surface area contributed by atoms with Crippen LogP contribution in [0.4, 0.5) is 13.2 Å². The highest BCUT2D eigenvalue weighted by atomic mass is 19.1. The van der Waals surface area contributed by atoms with Crippen LogP contribution >= 0.6 is 0 Å². The Balaban J connectivity index is 1.18. The van der Waals surface area contributed by atoms with E-state index in [2.05, 4.69) is 9.97 Å². The number of rotatable bonds is 11. The Labute approximate surface area is 280 Å². The monoisotopic (exact) mass is 670 g/mol. The predicted molar refractivity (Wildman–Crippen MR) is 177 cm³/mol. The lowest BCUT2D eigenvalue weighted by Crippen LogP contribution is -2.32. The van der Waals surface area contributed by atoms with Crippen molar-refractivity contribution in [2.45, 2.75) is 32.9 Å². The lowest BCUT2D eigenvalue weighted by Gasteiger charge is -2.25. The molecule has 0 saturated carbocycles. The number of pyridine rings is 1. The Hall–Kier alpha value is -5.49. The second-order valence-corrected chi connectivity index (χ2v) is 11.7. The van der Waals surface area contributed by atoms with Crippen LogP contribution in [0, 0.1) is 17.5 Å². The van der Waals surface area contributed by atoms with E-state index >= 15 is 13.2 Å². The molecule has 0 saturated heterocycles. The molecule has 1 aliphatic rings. The van der Waals surface area contributed by atoms with E-state index < -0.39 is 23.4 Å². The van der Waals surface area contributed by atoms with Crippen LogP contribution in [0.1, 0.15) is 46.2 Å². The van der Waals surface area contributed by atoms with Crippen molar-refractivity contribution in [3.63, 3.8) is 0 Å². The highest BCUT2D eigenvalue weighted by Crippen LogP contribution is 2.29. The normalized spacial score (nSPS) is 13.1. The maximum Gasteiger partial charge on any atom is 0.335 e. The Morgan fingerprint density at radius 1 is 0.939 bits per heavy atom. The molecule has 3 aromatic carbocycles. The summed E-state index contributed by atoms with van der Waals surface area (Å²) in [6.07, 6.45) is 2.51. The quantitative estimate of drug-likeness (QED) is 0.167. The number of carboxylic acid groups (broad SMARTS) is 1. The summed E-state index contributed by atoms with van der Waals surface area (Å²) in [6, 6.07) is 16.2. The van der Waals surface area contributed by atoms with Crippen molar-refractivity contribution in [2.75, 3.05) is 26.8 Å². The van der Waals surface area contributed by atoms with E-state index in [9.17, 15) is 14.7 Å². The number of carbonyl (C=O) groups is 2. The molecule has 0 radical (unpaired) electrons. The van der Waals surface area contributed by atoms with Gasteiger partial charge in [-0.05, 0) is 65.6 Å². The molecular weight excluding hydrogens is 637 g/mol. The van der Waals surface area contributed by atoms with E-state index in [1.54, 1.807) is 39.8 Å². The number of methoxy groups -OCH3 is 1. The molecule has 3 heterocycles. The van der Waals surface area contributed by atoms with Gasteiger partial charge in [-0.15, -0.1) is 0 Å². The summed E-state index contributed by atoms with van der Waals surface area (Å²) in [4.78, 5) is 33.8. The lowest BCUT2D eigenvalue weighted by atomic mass is 9.98. The molecule has 1 aliphatic heterocycles. The molecule has 2 aromatic heterocycles. The molecule has 6 rings (SSSR count). The molecule has 252 valence electrons. The average Bonchev–Trinajstić information content (AvgIpc) is 3.44. The van der Waals surface area contributed by atoms with Crippen molar-refractivity contribution in [1.82, 2.24) is 19.4 Å². The first-order chi connectivity index (χ1) is 23.6. The van der Waals surface area contributed by atoms with E-state index in [0.717, 1.165) is 23.3 Å². The predicted octanol–water partition coefficient (Wildman–Crippen LogP) is 6.67. The van der Waals surface area contributed by atoms with Crippen LogP contribution in [0.2, 0.25) is 0 Å². The van der Waals surface area contributed by atoms with Crippen LogP contribution in [-0.4, -0.2) is 63.2 Å². The van der Waals surface area contributed by atoms with Gasteiger partial charge in [0.25, 0.3) is 0 Å². The standard InChI is InChI=1S/C37H33F3N4O5/c1-22(45)43-12-10-23(11-13-43)24-6-7-26(29(38)16-24)21-49-36-5-3-4-32(42-36)28-20-30(39)27(17-31(28)40)19-35-41-33-9-8-25(37(46)47)18-34(33)44(35)14-15-48-2/h3-10,16-18,20H,11-15,19,21H2,1-2H3,(H,46,47). The zero-order valence-electron chi connectivity index (χ0n) is 26.9. The molecule has 0 unspecified atom stereocenters. The summed E-state index contributed by atoms with van der Waals surface area (Å²) in [7, 11) is 1.53. The number of aromatic carboxylic acids is 1. The molecule has 0 aliphatic carbocycles. The van der Waals surface area contributed by atoms with Gasteiger partial charge in [-0.1, -0.05) is 24.3 Å². The van der Waals surface area contributed by atoms with Gasteiger partial charge in [0.15, 0.2) is 0 Å². The number of hydrogen-bond donors (Lipinski definition) is 1. The van der Waals surface area contributed by atoms with Gasteiger partial charge >= 0.3 is 5.97 Å². The van der Waals surface area contributed by atoms with Crippen LogP contribution in [-0.2, 0) is 29.1 Å². The minimum absolute atomic E-state index is 0.00332. The zero-order chi connectivity index (χ0) is 34.7. The fourth-order valence-corrected chi connectivity index (χ4v) is 5.84. The third-order valence-corrected chi connectivity index (χ3v) is 8.53. The van der Waals surface area contributed by atoms with Crippen LogP contribution in [0.3, 0.4) is 0 Å². The number of imidazole rings is 1. The van der Waals surface area contributed by atoms with Gasteiger partial charge in [0.05, 0.1) is 28.9 Å². The van der Waals surface area contributed by atoms with Gasteiger partial charge in [-0.25, -0.2) is 27.9 Å². The molecule has 49 heavy (non-hydrogen) atoms. The van der Waals surface area contributed by atoms with Gasteiger partial charge in [-0.3, -0.25) is 4.79 Å². The van der Waals surface area contributed by atoms with Crippen LogP contribution in [0.25, 0.3) is 27.9 Å². The molecule has 0 fully saturated rings. The van der Waals surface area contributed by atoms with Crippen molar-refractivity contribution in [3.8, 4) is 17.1 Å². The van der Waals surface area contributed by atoms with Crippen LogP contribution in [0.15, 0.2) is 72.8 Å². The van der Waals surface area contributed by atoms with E-state index in [1.165, 1.54) is 38.3 Å². The first-order valence-corrected chi connectivity index (χ1v) is 15.6. The van der Waals surface area contributed by atoms with Crippen molar-refractivity contribution < 1.29 is 37.3 Å². The first-order valence-electron chi connectivity index (χ1n) is 15.6. The third kappa shape index (κ3) is 7.34. The summed E-state index contributed by atoms with van der Waals surface area (Å²) >= 11 is 0. The molecule has 1 amide bonds. The average molecular weight is 671 g/mol. The summed E-state index contributed by atoms with van der Waals surface area (Å²) in [5, 5.41) is 9.44. The Morgan fingerprint density at radius 3 is 2.47 bits per heavy atom. The lowest BCUT2D eigenvalue weighted by molar-refractivity contribution is -0.128. The molecule has 0 spiro atoms. The van der Waals surface area contributed by atoms with Crippen LogP contribution in [0.5, 0.6) is 5.88 Å². The molecule has 9 nitrogen and oxygen atoms in total. The van der Waals surface area contributed by atoms with Crippen molar-refractivity contribution in [1.29, 1.82) is 0 Å². The van der Waals surface area contributed by atoms with E-state index in [1.807, 2.05) is 6.08 Å². The number of carbonyl (C=O) groups excluding carboxylic acids is 1. The largest absolute Gasteiger partial charge is 0.478 e. The van der Waals surface area contributed by atoms with E-state index in [-0.39, 0.29) is 47.2 Å². The Bertz CT molecular complexity index is 2090. The Morgan fingerprint density at radius 2 is 1.76 bits per heavy atom. The first kappa shape index (κ1) is 33.4. The van der Waals surface area contributed by atoms with Gasteiger partial charge in [0, 0.05) is 57.3 Å². The number of fused-ring (bicyclic) bond motifs is 1. The summed E-state index contributed by atoms with van der Waals surface area (Å²) in [5.74, 6) is -2.40. The summed E-state index contributed by atoms with van der Waals surface area (Å²) in [5.41, 5.74) is 3.27. The highest BCUT2D eigenvalue weighted by Gasteiger charge is 2.19. The van der Waals surface area contributed by atoms with Gasteiger partial charge in [0.2, 0.25) is 11.8 Å². The van der Waals surface area contributed by atoms with Gasteiger partial charge < -0.3 is 24.0 Å². The smallest absolute Gasteiger partial charge is 0.335 e. The number of nitrogens with zero attached hydrogens (tertiary/aromatic N) is 4. The van der Waals surface area contributed by atoms with Gasteiger partial charge in [0.1, 0.15) is 29.9 Å². The molecule has 12 heteroatoms. The van der Waals surface area contributed by atoms with Crippen molar-refractivity contribution in [2.24, 2.45) is 0 Å². The van der Waals surface area contributed by atoms with E-state index in [4.69, 9.17) is 9.47 Å². The van der Waals surface area contributed by atoms with Crippen molar-refractivity contribution >= 4 is 28.5 Å². The van der Waals surface area contributed by atoms with E-state index in [0.29, 0.717) is 55.1 Å². The molecule has 1 N–H and O–H groups in total. The molecular formula is C37H33F3N4O5. The van der Waals surface area contributed by atoms with Crippen molar-refractivity contribution in [3.05, 3.63) is 118 Å². The zero-order valence-corrected chi connectivity index (χ0v) is 26.9. The number of aromatic nitrogens is 3. The minimum atomic E-state index is -1.09. The SMILES string of the molecule is COCCn1c(Cc2cc(F)c(-c3cccc(OCc4ccc(C5=CCN(C(C)=O)CC5)cc4F)n3)cc2F)nc2ccc(C(=O)O)cc21. The summed E-state index contributed by atoms with van der Waals surface area (Å²) < 4.78 is 58.8. The maximum absolute atomic E-state index is 15.5. The second kappa shape index (κ2) is 14.3. The minimum Gasteiger partial charge on any atom is -0.478 e. The van der Waals surface area contributed by atoms with Gasteiger partial charge in [-0.2, -0.15) is 0 Å². The number of benzene rings is 3. The number of hydrogen-bond acceptors (Lipinski definition) is 6. The highest BCUT2D eigenvalue weighted by molar-refractivity contribution is 5.92. The number of amides is 1. The number of carboxylic acids is 1.